The summed E-state index contributed by atoms with van der Waals surface area (Å²) in [6, 6.07) is 1.45. The summed E-state index contributed by atoms with van der Waals surface area (Å²) in [5, 5.41) is 10.7. The van der Waals surface area contributed by atoms with E-state index in [1.54, 1.807) is 11.4 Å². The van der Waals surface area contributed by atoms with Crippen LogP contribution >= 0.6 is 11.3 Å². The lowest BCUT2D eigenvalue weighted by atomic mass is 10.2. The maximum absolute atomic E-state index is 12.5. The van der Waals surface area contributed by atoms with Crippen molar-refractivity contribution in [2.45, 2.75) is 30.2 Å². The van der Waals surface area contributed by atoms with Gasteiger partial charge in [-0.1, -0.05) is 6.92 Å². The number of morpholine rings is 1. The van der Waals surface area contributed by atoms with Gasteiger partial charge in [0.2, 0.25) is 0 Å². The molecule has 1 unspecified atom stereocenters. The molecule has 5 nitrogen and oxygen atoms in total. The SMILES string of the molecule is CCC1COCCN1S(=O)(=O)c1cc(CO)cs1. The Balaban J connectivity index is 2.28. The van der Waals surface area contributed by atoms with Gasteiger partial charge < -0.3 is 9.84 Å². The van der Waals surface area contributed by atoms with E-state index < -0.39 is 10.0 Å². The third-order valence-corrected chi connectivity index (χ3v) is 6.44. The highest BCUT2D eigenvalue weighted by Gasteiger charge is 2.33. The zero-order valence-electron chi connectivity index (χ0n) is 10.2. The van der Waals surface area contributed by atoms with Crippen LogP contribution in [0, 0.1) is 0 Å². The fourth-order valence-electron chi connectivity index (χ4n) is 1.96. The van der Waals surface area contributed by atoms with Crippen LogP contribution in [-0.4, -0.2) is 43.6 Å². The summed E-state index contributed by atoms with van der Waals surface area (Å²) in [6.07, 6.45) is 0.734. The molecule has 1 atom stereocenters. The molecule has 0 aromatic carbocycles. The molecule has 102 valence electrons. The maximum Gasteiger partial charge on any atom is 0.252 e. The summed E-state index contributed by atoms with van der Waals surface area (Å²) in [4.78, 5) is 0. The summed E-state index contributed by atoms with van der Waals surface area (Å²) in [7, 11) is -3.45. The molecule has 0 spiro atoms. The van der Waals surface area contributed by atoms with Crippen LogP contribution in [0.3, 0.4) is 0 Å². The van der Waals surface area contributed by atoms with E-state index in [1.807, 2.05) is 6.92 Å². The summed E-state index contributed by atoms with van der Waals surface area (Å²) in [5.41, 5.74) is 0.639. The van der Waals surface area contributed by atoms with Crippen LogP contribution in [0.5, 0.6) is 0 Å². The highest BCUT2D eigenvalue weighted by molar-refractivity contribution is 7.91. The lowest BCUT2D eigenvalue weighted by molar-refractivity contribution is 0.0315. The van der Waals surface area contributed by atoms with Crippen molar-refractivity contribution in [3.8, 4) is 0 Å². The quantitative estimate of drug-likeness (QED) is 0.900. The Hall–Kier alpha value is -0.470. The molecule has 1 aliphatic heterocycles. The van der Waals surface area contributed by atoms with Gasteiger partial charge in [0.15, 0.2) is 0 Å². The second kappa shape index (κ2) is 5.66. The molecule has 0 aliphatic carbocycles. The van der Waals surface area contributed by atoms with Gasteiger partial charge in [-0.15, -0.1) is 11.3 Å². The second-order valence-corrected chi connectivity index (χ2v) is 7.21. The van der Waals surface area contributed by atoms with Gasteiger partial charge >= 0.3 is 0 Å². The van der Waals surface area contributed by atoms with Crippen molar-refractivity contribution in [1.29, 1.82) is 0 Å². The fourth-order valence-corrected chi connectivity index (χ4v) is 4.96. The van der Waals surface area contributed by atoms with Gasteiger partial charge in [0.25, 0.3) is 10.0 Å². The predicted molar refractivity (Wildman–Crippen MR) is 69.0 cm³/mol. The van der Waals surface area contributed by atoms with Crippen molar-refractivity contribution in [3.63, 3.8) is 0 Å². The van der Waals surface area contributed by atoms with E-state index >= 15 is 0 Å². The molecule has 0 saturated carbocycles. The van der Waals surface area contributed by atoms with Gasteiger partial charge in [0, 0.05) is 12.6 Å². The van der Waals surface area contributed by atoms with Crippen molar-refractivity contribution < 1.29 is 18.3 Å². The minimum atomic E-state index is -3.45. The summed E-state index contributed by atoms with van der Waals surface area (Å²) < 4.78 is 32.1. The van der Waals surface area contributed by atoms with Crippen LogP contribution in [0.1, 0.15) is 18.9 Å². The standard InChI is InChI=1S/C11H17NO4S2/c1-2-10-7-16-4-3-12(10)18(14,15)11-5-9(6-13)8-17-11/h5,8,10,13H,2-4,6-7H2,1H3. The van der Waals surface area contributed by atoms with Crippen molar-refractivity contribution in [2.24, 2.45) is 0 Å². The van der Waals surface area contributed by atoms with E-state index in [0.717, 1.165) is 17.8 Å². The molecule has 1 aromatic rings. The Morgan fingerprint density at radius 3 is 3.00 bits per heavy atom. The van der Waals surface area contributed by atoms with Gasteiger partial charge in [-0.3, -0.25) is 0 Å². The minimum Gasteiger partial charge on any atom is -0.392 e. The largest absolute Gasteiger partial charge is 0.392 e. The Morgan fingerprint density at radius 2 is 2.39 bits per heavy atom. The number of rotatable bonds is 4. The smallest absolute Gasteiger partial charge is 0.252 e. The van der Waals surface area contributed by atoms with E-state index in [4.69, 9.17) is 9.84 Å². The molecule has 2 heterocycles. The third-order valence-electron chi connectivity index (χ3n) is 3.02. The Labute approximate surface area is 111 Å². The van der Waals surface area contributed by atoms with Gasteiger partial charge in [-0.05, 0) is 23.4 Å². The number of aliphatic hydroxyl groups excluding tert-OH is 1. The molecule has 1 aromatic heterocycles. The first kappa shape index (κ1) is 14.0. The monoisotopic (exact) mass is 291 g/mol. The topological polar surface area (TPSA) is 66.8 Å². The summed E-state index contributed by atoms with van der Waals surface area (Å²) >= 11 is 1.16. The number of hydrogen-bond acceptors (Lipinski definition) is 5. The lowest BCUT2D eigenvalue weighted by Gasteiger charge is -2.33. The molecule has 1 aliphatic rings. The lowest BCUT2D eigenvalue weighted by Crippen LogP contribution is -2.48. The van der Waals surface area contributed by atoms with Crippen LogP contribution in [0.25, 0.3) is 0 Å². The van der Waals surface area contributed by atoms with Gasteiger partial charge in [-0.25, -0.2) is 8.42 Å². The number of nitrogens with zero attached hydrogens (tertiary/aromatic N) is 1. The highest BCUT2D eigenvalue weighted by Crippen LogP contribution is 2.27. The minimum absolute atomic E-state index is 0.0940. The first-order valence-corrected chi connectivity index (χ1v) is 8.19. The Kier molecular flexibility index (Phi) is 4.39. The molecule has 18 heavy (non-hydrogen) atoms. The van der Waals surface area contributed by atoms with Crippen molar-refractivity contribution >= 4 is 21.4 Å². The molecule has 0 amide bonds. The van der Waals surface area contributed by atoms with Crippen LogP contribution in [0.15, 0.2) is 15.7 Å². The van der Waals surface area contributed by atoms with Crippen LogP contribution in [-0.2, 0) is 21.4 Å². The first-order chi connectivity index (χ1) is 8.59. The number of hydrogen-bond donors (Lipinski definition) is 1. The molecule has 1 N–H and O–H groups in total. The van der Waals surface area contributed by atoms with E-state index in [-0.39, 0.29) is 12.6 Å². The Bertz CT molecular complexity index is 497. The fraction of sp³-hybridized carbons (Fsp3) is 0.636. The summed E-state index contributed by atoms with van der Waals surface area (Å²) in [6.45, 7) is 3.11. The van der Waals surface area contributed by atoms with Crippen molar-refractivity contribution in [3.05, 3.63) is 17.0 Å². The predicted octanol–water partition coefficient (Wildman–Crippen LogP) is 1.04. The summed E-state index contributed by atoms with van der Waals surface area (Å²) in [5.74, 6) is 0. The molecule has 1 saturated heterocycles. The third kappa shape index (κ3) is 2.60. The zero-order valence-corrected chi connectivity index (χ0v) is 11.8. The maximum atomic E-state index is 12.5. The molecular formula is C11H17NO4S2. The molecule has 0 bridgehead atoms. The molecule has 2 rings (SSSR count). The number of sulfonamides is 1. The van der Waals surface area contributed by atoms with Crippen molar-refractivity contribution in [1.82, 2.24) is 4.31 Å². The molecule has 0 radical (unpaired) electrons. The van der Waals surface area contributed by atoms with Crippen LogP contribution in [0.2, 0.25) is 0 Å². The van der Waals surface area contributed by atoms with Gasteiger partial charge in [0.05, 0.1) is 19.8 Å². The normalized spacial score (nSPS) is 22.2. The van der Waals surface area contributed by atoms with Crippen LogP contribution < -0.4 is 0 Å². The molecule has 7 heteroatoms. The number of thiophene rings is 1. The zero-order chi connectivity index (χ0) is 13.2. The van der Waals surface area contributed by atoms with Crippen molar-refractivity contribution in [2.75, 3.05) is 19.8 Å². The van der Waals surface area contributed by atoms with E-state index in [2.05, 4.69) is 0 Å². The number of aliphatic hydroxyl groups is 1. The van der Waals surface area contributed by atoms with Gasteiger partial charge in [0.1, 0.15) is 4.21 Å². The van der Waals surface area contributed by atoms with E-state index in [9.17, 15) is 8.42 Å². The highest BCUT2D eigenvalue weighted by atomic mass is 32.2. The first-order valence-electron chi connectivity index (χ1n) is 5.87. The Morgan fingerprint density at radius 1 is 1.61 bits per heavy atom. The van der Waals surface area contributed by atoms with E-state index in [0.29, 0.717) is 29.5 Å². The number of ether oxygens (including phenoxy) is 1. The second-order valence-electron chi connectivity index (χ2n) is 4.18. The van der Waals surface area contributed by atoms with Crippen LogP contribution in [0.4, 0.5) is 0 Å². The molecular weight excluding hydrogens is 274 g/mol. The average Bonchev–Trinajstić information content (AvgIpc) is 2.88. The van der Waals surface area contributed by atoms with E-state index in [1.165, 1.54) is 4.31 Å². The average molecular weight is 291 g/mol. The molecule has 1 fully saturated rings. The van der Waals surface area contributed by atoms with Gasteiger partial charge in [-0.2, -0.15) is 4.31 Å².